The van der Waals surface area contributed by atoms with E-state index in [1.165, 1.54) is 10.9 Å². The predicted octanol–water partition coefficient (Wildman–Crippen LogP) is 2.35. The van der Waals surface area contributed by atoms with Crippen LogP contribution in [0.3, 0.4) is 0 Å². The molecule has 0 saturated carbocycles. The molecule has 1 aromatic heterocycles. The maximum atomic E-state index is 11.6. The fourth-order valence-electron chi connectivity index (χ4n) is 1.09. The second-order valence-corrected chi connectivity index (χ2v) is 4.11. The molecular weight excluding hydrogens is 281 g/mol. The third-order valence-corrected chi connectivity index (χ3v) is 3.11. The quantitative estimate of drug-likeness (QED) is 0.632. The molecular formula is C9H9BrClN3O. The zero-order valence-electron chi connectivity index (χ0n) is 7.91. The van der Waals surface area contributed by atoms with Gasteiger partial charge in [-0.25, -0.2) is 4.98 Å². The highest BCUT2D eigenvalue weighted by Gasteiger charge is 2.05. The first kappa shape index (κ1) is 12.2. The molecule has 6 heteroatoms. The number of aromatic nitrogens is 2. The van der Waals surface area contributed by atoms with Crippen LogP contribution >= 0.6 is 27.5 Å². The number of aryl methyl sites for hydroxylation is 1. The van der Waals surface area contributed by atoms with E-state index >= 15 is 0 Å². The summed E-state index contributed by atoms with van der Waals surface area (Å²) in [6.45, 7) is 0.559. The molecule has 0 atom stereocenters. The largest absolute Gasteiger partial charge is 0.298 e. The van der Waals surface area contributed by atoms with E-state index in [0.717, 1.165) is 12.8 Å². The number of hydrogen-bond acceptors (Lipinski definition) is 3. The van der Waals surface area contributed by atoms with Crippen molar-refractivity contribution in [3.63, 3.8) is 0 Å². The van der Waals surface area contributed by atoms with Crippen LogP contribution in [0.25, 0.3) is 0 Å². The smallest absolute Gasteiger partial charge is 0.269 e. The van der Waals surface area contributed by atoms with Gasteiger partial charge in [0.15, 0.2) is 5.15 Å². The fraction of sp³-hybridized carbons (Fsp3) is 0.444. The Morgan fingerprint density at radius 3 is 3.00 bits per heavy atom. The third kappa shape index (κ3) is 3.33. The molecule has 0 saturated heterocycles. The maximum absolute atomic E-state index is 11.6. The number of rotatable bonds is 4. The number of halogens is 2. The summed E-state index contributed by atoms with van der Waals surface area (Å²) in [5.41, 5.74) is -0.188. The van der Waals surface area contributed by atoms with Gasteiger partial charge in [-0.15, -0.1) is 0 Å². The van der Waals surface area contributed by atoms with Gasteiger partial charge < -0.3 is 0 Å². The Kier molecular flexibility index (Phi) is 4.79. The van der Waals surface area contributed by atoms with Crippen LogP contribution in [-0.2, 0) is 6.54 Å². The summed E-state index contributed by atoms with van der Waals surface area (Å²) in [6.07, 6.45) is 3.49. The Morgan fingerprint density at radius 1 is 1.60 bits per heavy atom. The molecule has 0 amide bonds. The molecule has 0 aliphatic heterocycles. The van der Waals surface area contributed by atoms with Gasteiger partial charge in [-0.2, -0.15) is 5.26 Å². The Hall–Kier alpha value is -0.860. The summed E-state index contributed by atoms with van der Waals surface area (Å²) in [7, 11) is 0. The van der Waals surface area contributed by atoms with Crippen molar-refractivity contribution in [1.29, 1.82) is 5.26 Å². The zero-order chi connectivity index (χ0) is 11.3. The SMILES string of the molecule is N#CCCCCn1cnc(Cl)c(Br)c1=O. The molecule has 0 unspecified atom stereocenters. The zero-order valence-corrected chi connectivity index (χ0v) is 10.3. The van der Waals surface area contributed by atoms with Crippen molar-refractivity contribution >= 4 is 27.5 Å². The fourth-order valence-corrected chi connectivity index (χ4v) is 1.54. The van der Waals surface area contributed by atoms with E-state index in [4.69, 9.17) is 16.9 Å². The van der Waals surface area contributed by atoms with Gasteiger partial charge in [-0.3, -0.25) is 9.36 Å². The van der Waals surface area contributed by atoms with Crippen molar-refractivity contribution in [2.75, 3.05) is 0 Å². The van der Waals surface area contributed by atoms with Crippen molar-refractivity contribution in [3.8, 4) is 6.07 Å². The van der Waals surface area contributed by atoms with Gasteiger partial charge in [0.25, 0.3) is 5.56 Å². The minimum Gasteiger partial charge on any atom is -0.298 e. The molecule has 0 bridgehead atoms. The van der Waals surface area contributed by atoms with Crippen LogP contribution in [0.4, 0.5) is 0 Å². The lowest BCUT2D eigenvalue weighted by molar-refractivity contribution is 0.588. The second-order valence-electron chi connectivity index (χ2n) is 2.96. The first-order valence-electron chi connectivity index (χ1n) is 4.44. The van der Waals surface area contributed by atoms with Gasteiger partial charge in [0.2, 0.25) is 0 Å². The molecule has 0 aliphatic rings. The Balaban J connectivity index is 2.67. The highest BCUT2D eigenvalue weighted by Crippen LogP contribution is 2.13. The van der Waals surface area contributed by atoms with Crippen LogP contribution in [-0.4, -0.2) is 9.55 Å². The Bertz CT molecular complexity index is 438. The van der Waals surface area contributed by atoms with E-state index in [-0.39, 0.29) is 15.2 Å². The summed E-state index contributed by atoms with van der Waals surface area (Å²) in [6, 6.07) is 2.06. The molecule has 0 spiro atoms. The van der Waals surface area contributed by atoms with Gasteiger partial charge in [0.1, 0.15) is 4.47 Å². The molecule has 0 aliphatic carbocycles. The van der Waals surface area contributed by atoms with Gasteiger partial charge in [0.05, 0.1) is 12.4 Å². The Labute approximate surface area is 101 Å². The van der Waals surface area contributed by atoms with Crippen molar-refractivity contribution in [2.24, 2.45) is 0 Å². The van der Waals surface area contributed by atoms with Crippen LogP contribution in [0, 0.1) is 11.3 Å². The number of unbranched alkanes of at least 4 members (excludes halogenated alkanes) is 2. The molecule has 80 valence electrons. The molecule has 0 aromatic carbocycles. The van der Waals surface area contributed by atoms with Crippen molar-refractivity contribution in [2.45, 2.75) is 25.8 Å². The summed E-state index contributed by atoms with van der Waals surface area (Å²) in [4.78, 5) is 15.4. The van der Waals surface area contributed by atoms with Gasteiger partial charge in [0, 0.05) is 13.0 Å². The standard InChI is InChI=1S/C9H9BrClN3O/c10-7-8(11)13-6-14(9(7)15)5-3-1-2-4-12/h6H,1-3,5H2. The molecule has 15 heavy (non-hydrogen) atoms. The summed E-state index contributed by atoms with van der Waals surface area (Å²) in [5.74, 6) is 0. The van der Waals surface area contributed by atoms with E-state index in [2.05, 4.69) is 27.0 Å². The highest BCUT2D eigenvalue weighted by atomic mass is 79.9. The first-order valence-corrected chi connectivity index (χ1v) is 5.61. The normalized spacial score (nSPS) is 9.93. The topological polar surface area (TPSA) is 58.7 Å². The monoisotopic (exact) mass is 289 g/mol. The van der Waals surface area contributed by atoms with Gasteiger partial charge in [-0.1, -0.05) is 11.6 Å². The number of nitriles is 1. The molecule has 1 aromatic rings. The van der Waals surface area contributed by atoms with Gasteiger partial charge >= 0.3 is 0 Å². The van der Waals surface area contributed by atoms with E-state index in [1.807, 2.05) is 0 Å². The summed E-state index contributed by atoms with van der Waals surface area (Å²) < 4.78 is 1.76. The van der Waals surface area contributed by atoms with Crippen molar-refractivity contribution in [1.82, 2.24) is 9.55 Å². The molecule has 4 nitrogen and oxygen atoms in total. The van der Waals surface area contributed by atoms with Crippen molar-refractivity contribution < 1.29 is 0 Å². The van der Waals surface area contributed by atoms with Crippen LogP contribution in [0.5, 0.6) is 0 Å². The van der Waals surface area contributed by atoms with E-state index in [9.17, 15) is 4.79 Å². The molecule has 1 heterocycles. The molecule has 1 rings (SSSR count). The van der Waals surface area contributed by atoms with E-state index in [1.54, 1.807) is 0 Å². The Morgan fingerprint density at radius 2 is 2.33 bits per heavy atom. The second kappa shape index (κ2) is 5.89. The van der Waals surface area contributed by atoms with Crippen LogP contribution in [0.15, 0.2) is 15.6 Å². The molecule has 0 fully saturated rings. The van der Waals surface area contributed by atoms with Crippen LogP contribution < -0.4 is 5.56 Å². The average Bonchev–Trinajstić information content (AvgIpc) is 2.24. The highest BCUT2D eigenvalue weighted by molar-refractivity contribution is 9.10. The van der Waals surface area contributed by atoms with E-state index < -0.39 is 0 Å². The molecule has 0 radical (unpaired) electrons. The lowest BCUT2D eigenvalue weighted by Gasteiger charge is -2.04. The minimum atomic E-state index is -0.188. The van der Waals surface area contributed by atoms with Crippen LogP contribution in [0.2, 0.25) is 5.15 Å². The first-order chi connectivity index (χ1) is 7.16. The van der Waals surface area contributed by atoms with Gasteiger partial charge in [-0.05, 0) is 28.8 Å². The lowest BCUT2D eigenvalue weighted by Crippen LogP contribution is -2.21. The van der Waals surface area contributed by atoms with Crippen LogP contribution in [0.1, 0.15) is 19.3 Å². The number of nitrogens with zero attached hydrogens (tertiary/aromatic N) is 3. The average molecular weight is 291 g/mol. The summed E-state index contributed by atoms with van der Waals surface area (Å²) >= 11 is 8.73. The van der Waals surface area contributed by atoms with E-state index in [0.29, 0.717) is 13.0 Å². The maximum Gasteiger partial charge on any atom is 0.269 e. The lowest BCUT2D eigenvalue weighted by atomic mass is 10.2. The molecule has 0 N–H and O–H groups in total. The summed E-state index contributed by atoms with van der Waals surface area (Å²) in [5, 5.41) is 8.52. The predicted molar refractivity (Wildman–Crippen MR) is 60.7 cm³/mol. The third-order valence-electron chi connectivity index (χ3n) is 1.88. The minimum absolute atomic E-state index is 0.174. The number of hydrogen-bond donors (Lipinski definition) is 0. The van der Waals surface area contributed by atoms with Crippen molar-refractivity contribution in [3.05, 3.63) is 26.3 Å².